The van der Waals surface area contributed by atoms with Gasteiger partial charge in [0, 0.05) is 25.7 Å². The third kappa shape index (κ3) is 2.55. The lowest BCUT2D eigenvalue weighted by Crippen LogP contribution is -2.48. The Hall–Kier alpha value is -0.610. The van der Waals surface area contributed by atoms with Crippen LogP contribution in [-0.2, 0) is 9.53 Å². The van der Waals surface area contributed by atoms with Crippen molar-refractivity contribution in [1.82, 2.24) is 4.90 Å². The smallest absolute Gasteiger partial charge is 0.226 e. The summed E-state index contributed by atoms with van der Waals surface area (Å²) in [5.41, 5.74) is 0. The number of likely N-dealkylation sites (tertiary alicyclic amines) is 1. The highest BCUT2D eigenvalue weighted by Gasteiger charge is 2.31. The first-order valence-electron chi connectivity index (χ1n) is 6.32. The van der Waals surface area contributed by atoms with Gasteiger partial charge in [-0.15, -0.1) is 0 Å². The number of hydrogen-bond donors (Lipinski definition) is 1. The number of carbonyl (C=O) groups excluding carboxylic acids is 1. The lowest BCUT2D eigenvalue weighted by atomic mass is 9.95. The molecule has 2 heterocycles. The minimum atomic E-state index is 0.0593. The summed E-state index contributed by atoms with van der Waals surface area (Å²) < 4.78 is 5.27. The number of ether oxygens (including phenoxy) is 1. The molecule has 1 unspecified atom stereocenters. The molecular formula is C12H21NO3. The van der Waals surface area contributed by atoms with Gasteiger partial charge in [0.05, 0.1) is 12.6 Å². The second kappa shape index (κ2) is 5.64. The number of aliphatic hydroxyl groups is 1. The van der Waals surface area contributed by atoms with Gasteiger partial charge in [0.15, 0.2) is 0 Å². The molecule has 2 rings (SSSR count). The Kier molecular flexibility index (Phi) is 4.18. The van der Waals surface area contributed by atoms with Crippen molar-refractivity contribution in [2.45, 2.75) is 38.1 Å². The monoisotopic (exact) mass is 227 g/mol. The van der Waals surface area contributed by atoms with E-state index in [4.69, 9.17) is 4.74 Å². The van der Waals surface area contributed by atoms with Crippen molar-refractivity contribution >= 4 is 5.91 Å². The molecule has 16 heavy (non-hydrogen) atoms. The van der Waals surface area contributed by atoms with Gasteiger partial charge in [-0.1, -0.05) is 0 Å². The van der Waals surface area contributed by atoms with Gasteiger partial charge in [-0.2, -0.15) is 0 Å². The summed E-state index contributed by atoms with van der Waals surface area (Å²) in [5.74, 6) is 0.364. The molecule has 4 nitrogen and oxygen atoms in total. The number of amides is 1. The molecule has 0 aliphatic carbocycles. The first-order valence-corrected chi connectivity index (χ1v) is 6.32. The van der Waals surface area contributed by atoms with E-state index in [-0.39, 0.29) is 24.5 Å². The topological polar surface area (TPSA) is 49.8 Å². The average molecular weight is 227 g/mol. The molecule has 2 saturated heterocycles. The van der Waals surface area contributed by atoms with Crippen LogP contribution in [0.25, 0.3) is 0 Å². The molecule has 0 aromatic heterocycles. The van der Waals surface area contributed by atoms with E-state index in [1.165, 1.54) is 0 Å². The molecule has 0 radical (unpaired) electrons. The van der Waals surface area contributed by atoms with Gasteiger partial charge in [0.2, 0.25) is 5.91 Å². The van der Waals surface area contributed by atoms with Crippen LogP contribution in [0.15, 0.2) is 0 Å². The highest BCUT2D eigenvalue weighted by Crippen LogP contribution is 2.23. The fourth-order valence-electron chi connectivity index (χ4n) is 2.66. The maximum absolute atomic E-state index is 12.3. The minimum absolute atomic E-state index is 0.0593. The van der Waals surface area contributed by atoms with E-state index >= 15 is 0 Å². The quantitative estimate of drug-likeness (QED) is 0.758. The van der Waals surface area contributed by atoms with Crippen LogP contribution < -0.4 is 0 Å². The second-order valence-corrected chi connectivity index (χ2v) is 4.75. The molecule has 0 aromatic rings. The number of nitrogens with zero attached hydrogens (tertiary/aromatic N) is 1. The third-order valence-electron chi connectivity index (χ3n) is 3.69. The molecular weight excluding hydrogens is 206 g/mol. The zero-order valence-electron chi connectivity index (χ0n) is 9.73. The molecule has 1 N–H and O–H groups in total. The van der Waals surface area contributed by atoms with Gasteiger partial charge in [-0.25, -0.2) is 0 Å². The zero-order valence-corrected chi connectivity index (χ0v) is 9.73. The van der Waals surface area contributed by atoms with Gasteiger partial charge in [0.1, 0.15) is 0 Å². The number of carbonyl (C=O) groups is 1. The summed E-state index contributed by atoms with van der Waals surface area (Å²) in [6.45, 7) is 2.33. The fourth-order valence-corrected chi connectivity index (χ4v) is 2.66. The largest absolute Gasteiger partial charge is 0.394 e. The van der Waals surface area contributed by atoms with Crippen LogP contribution in [0.2, 0.25) is 0 Å². The zero-order chi connectivity index (χ0) is 11.4. The first-order chi connectivity index (χ1) is 7.83. The SMILES string of the molecule is O=C(C1CCOCC1)N1CCCCC1CO. The molecule has 92 valence electrons. The van der Waals surface area contributed by atoms with Crippen LogP contribution in [0.4, 0.5) is 0 Å². The van der Waals surface area contributed by atoms with E-state index in [1.54, 1.807) is 0 Å². The molecule has 2 fully saturated rings. The van der Waals surface area contributed by atoms with Crippen molar-refractivity contribution in [1.29, 1.82) is 0 Å². The van der Waals surface area contributed by atoms with Gasteiger partial charge in [-0.05, 0) is 32.1 Å². The average Bonchev–Trinajstić information content (AvgIpc) is 2.39. The van der Waals surface area contributed by atoms with Crippen LogP contribution in [0.5, 0.6) is 0 Å². The van der Waals surface area contributed by atoms with E-state index in [0.29, 0.717) is 13.2 Å². The standard InChI is InChI=1S/C12H21NO3/c14-9-11-3-1-2-6-13(11)12(15)10-4-7-16-8-5-10/h10-11,14H,1-9H2. The van der Waals surface area contributed by atoms with E-state index in [0.717, 1.165) is 38.6 Å². The Morgan fingerprint density at radius 2 is 2.00 bits per heavy atom. The van der Waals surface area contributed by atoms with Crippen LogP contribution in [0.1, 0.15) is 32.1 Å². The Morgan fingerprint density at radius 1 is 1.25 bits per heavy atom. The predicted molar refractivity (Wildman–Crippen MR) is 60.0 cm³/mol. The van der Waals surface area contributed by atoms with Crippen LogP contribution in [0.3, 0.4) is 0 Å². The maximum atomic E-state index is 12.3. The number of piperidine rings is 1. The van der Waals surface area contributed by atoms with Crippen LogP contribution >= 0.6 is 0 Å². The van der Waals surface area contributed by atoms with E-state index in [1.807, 2.05) is 4.90 Å². The predicted octanol–water partition coefficient (Wildman–Crippen LogP) is 0.786. The highest BCUT2D eigenvalue weighted by atomic mass is 16.5. The van der Waals surface area contributed by atoms with Gasteiger partial charge >= 0.3 is 0 Å². The summed E-state index contributed by atoms with van der Waals surface area (Å²) in [6.07, 6.45) is 4.83. The molecule has 1 amide bonds. The molecule has 0 saturated carbocycles. The van der Waals surface area contributed by atoms with E-state index in [2.05, 4.69) is 0 Å². The third-order valence-corrected chi connectivity index (χ3v) is 3.69. The Bertz CT molecular complexity index is 238. The Labute approximate surface area is 96.6 Å². The summed E-state index contributed by atoms with van der Waals surface area (Å²) in [6, 6.07) is 0.0593. The second-order valence-electron chi connectivity index (χ2n) is 4.75. The molecule has 2 aliphatic heterocycles. The molecule has 4 heteroatoms. The normalized spacial score (nSPS) is 28.1. The molecule has 0 spiro atoms. The molecule has 0 bridgehead atoms. The fraction of sp³-hybridized carbons (Fsp3) is 0.917. The maximum Gasteiger partial charge on any atom is 0.226 e. The minimum Gasteiger partial charge on any atom is -0.394 e. The van der Waals surface area contributed by atoms with E-state index < -0.39 is 0 Å². The summed E-state index contributed by atoms with van der Waals surface area (Å²) >= 11 is 0. The highest BCUT2D eigenvalue weighted by molar-refractivity contribution is 5.79. The lowest BCUT2D eigenvalue weighted by molar-refractivity contribution is -0.143. The summed E-state index contributed by atoms with van der Waals surface area (Å²) in [4.78, 5) is 14.2. The molecule has 0 aromatic carbocycles. The first kappa shape index (κ1) is 11.9. The van der Waals surface area contributed by atoms with Gasteiger partial charge in [0.25, 0.3) is 0 Å². The van der Waals surface area contributed by atoms with Crippen molar-refractivity contribution in [2.75, 3.05) is 26.4 Å². The van der Waals surface area contributed by atoms with Crippen molar-refractivity contribution in [3.8, 4) is 0 Å². The molecule has 1 atom stereocenters. The van der Waals surface area contributed by atoms with E-state index in [9.17, 15) is 9.90 Å². The Balaban J connectivity index is 1.95. The number of hydrogen-bond acceptors (Lipinski definition) is 3. The van der Waals surface area contributed by atoms with Crippen molar-refractivity contribution < 1.29 is 14.6 Å². The number of rotatable bonds is 2. The van der Waals surface area contributed by atoms with Crippen molar-refractivity contribution in [2.24, 2.45) is 5.92 Å². The van der Waals surface area contributed by atoms with Crippen molar-refractivity contribution in [3.05, 3.63) is 0 Å². The lowest BCUT2D eigenvalue weighted by Gasteiger charge is -2.37. The van der Waals surface area contributed by atoms with Crippen LogP contribution in [-0.4, -0.2) is 48.3 Å². The van der Waals surface area contributed by atoms with Gasteiger partial charge < -0.3 is 14.7 Å². The summed E-state index contributed by atoms with van der Waals surface area (Å²) in [7, 11) is 0. The van der Waals surface area contributed by atoms with Gasteiger partial charge in [-0.3, -0.25) is 4.79 Å². The van der Waals surface area contributed by atoms with Crippen LogP contribution in [0, 0.1) is 5.92 Å². The molecule has 2 aliphatic rings. The Morgan fingerprint density at radius 3 is 2.69 bits per heavy atom. The van der Waals surface area contributed by atoms with Crippen molar-refractivity contribution in [3.63, 3.8) is 0 Å². The number of aliphatic hydroxyl groups excluding tert-OH is 1. The summed E-state index contributed by atoms with van der Waals surface area (Å²) in [5, 5.41) is 9.29.